The third-order valence-corrected chi connectivity index (χ3v) is 3.47. The van der Waals surface area contributed by atoms with Gasteiger partial charge in [0.2, 0.25) is 0 Å². The van der Waals surface area contributed by atoms with Crippen molar-refractivity contribution < 1.29 is 8.78 Å². The molecule has 2 unspecified atom stereocenters. The SMILES string of the molecule is CCCNC1(C(F)F)CCN(C)C(C)C1. The molecule has 0 spiro atoms. The van der Waals surface area contributed by atoms with Crippen LogP contribution in [0.2, 0.25) is 0 Å². The number of nitrogens with zero attached hydrogens (tertiary/aromatic N) is 1. The van der Waals surface area contributed by atoms with E-state index in [1.54, 1.807) is 0 Å². The quantitative estimate of drug-likeness (QED) is 0.780. The van der Waals surface area contributed by atoms with Crippen LogP contribution in [0, 0.1) is 0 Å². The minimum Gasteiger partial charge on any atom is -0.306 e. The second kappa shape index (κ2) is 5.21. The zero-order valence-electron chi connectivity index (χ0n) is 9.89. The van der Waals surface area contributed by atoms with Crippen LogP contribution in [0.4, 0.5) is 8.78 Å². The number of nitrogens with one attached hydrogen (secondary N) is 1. The van der Waals surface area contributed by atoms with Crippen molar-refractivity contribution >= 4 is 0 Å². The number of rotatable bonds is 4. The van der Waals surface area contributed by atoms with E-state index in [9.17, 15) is 8.78 Å². The molecular formula is C11H22F2N2. The van der Waals surface area contributed by atoms with Gasteiger partial charge < -0.3 is 10.2 Å². The molecule has 0 aromatic heterocycles. The molecule has 90 valence electrons. The highest BCUT2D eigenvalue weighted by Gasteiger charge is 2.43. The summed E-state index contributed by atoms with van der Waals surface area (Å²) in [5, 5.41) is 3.06. The summed E-state index contributed by atoms with van der Waals surface area (Å²) in [6, 6.07) is 0.233. The molecule has 4 heteroatoms. The Morgan fingerprint density at radius 2 is 2.20 bits per heavy atom. The van der Waals surface area contributed by atoms with E-state index >= 15 is 0 Å². The number of alkyl halides is 2. The van der Waals surface area contributed by atoms with E-state index in [1.165, 1.54) is 0 Å². The van der Waals surface area contributed by atoms with Crippen molar-refractivity contribution in [2.45, 2.75) is 51.1 Å². The topological polar surface area (TPSA) is 15.3 Å². The molecule has 1 N–H and O–H groups in total. The van der Waals surface area contributed by atoms with Gasteiger partial charge in [-0.15, -0.1) is 0 Å². The maximum Gasteiger partial charge on any atom is 0.256 e. The summed E-state index contributed by atoms with van der Waals surface area (Å²) in [7, 11) is 2.00. The normalized spacial score (nSPS) is 33.6. The summed E-state index contributed by atoms with van der Waals surface area (Å²) in [6.07, 6.45) is -0.272. The second-order valence-electron chi connectivity index (χ2n) is 4.67. The van der Waals surface area contributed by atoms with Gasteiger partial charge in [-0.2, -0.15) is 0 Å². The minimum absolute atomic E-state index is 0.233. The van der Waals surface area contributed by atoms with Crippen molar-refractivity contribution in [2.75, 3.05) is 20.1 Å². The van der Waals surface area contributed by atoms with Gasteiger partial charge in [-0.3, -0.25) is 0 Å². The average molecular weight is 220 g/mol. The molecule has 0 aliphatic carbocycles. The van der Waals surface area contributed by atoms with E-state index < -0.39 is 12.0 Å². The first-order chi connectivity index (χ1) is 7.02. The molecule has 1 aliphatic heterocycles. The van der Waals surface area contributed by atoms with Crippen LogP contribution >= 0.6 is 0 Å². The van der Waals surface area contributed by atoms with E-state index in [2.05, 4.69) is 10.2 Å². The summed E-state index contributed by atoms with van der Waals surface area (Å²) in [5.41, 5.74) is -0.943. The van der Waals surface area contributed by atoms with E-state index in [4.69, 9.17) is 0 Å². The summed E-state index contributed by atoms with van der Waals surface area (Å²) in [6.45, 7) is 5.46. The van der Waals surface area contributed by atoms with Gasteiger partial charge in [0, 0.05) is 12.6 Å². The lowest BCUT2D eigenvalue weighted by Crippen LogP contribution is -2.59. The number of likely N-dealkylation sites (tertiary alicyclic amines) is 1. The molecule has 1 heterocycles. The smallest absolute Gasteiger partial charge is 0.256 e. The standard InChI is InChI=1S/C11H22F2N2/c1-4-6-14-11(10(12)13)5-7-15(3)9(2)8-11/h9-10,14H,4-8H2,1-3H3. The van der Waals surface area contributed by atoms with Crippen molar-refractivity contribution in [3.63, 3.8) is 0 Å². The fraction of sp³-hybridized carbons (Fsp3) is 1.00. The first-order valence-corrected chi connectivity index (χ1v) is 5.75. The maximum atomic E-state index is 13.1. The molecule has 0 amide bonds. The van der Waals surface area contributed by atoms with Crippen LogP contribution in [-0.2, 0) is 0 Å². The Bertz CT molecular complexity index is 195. The molecule has 1 rings (SSSR count). The Hall–Kier alpha value is -0.220. The van der Waals surface area contributed by atoms with Gasteiger partial charge in [0.15, 0.2) is 0 Å². The van der Waals surface area contributed by atoms with Gasteiger partial charge in [0.25, 0.3) is 6.43 Å². The first-order valence-electron chi connectivity index (χ1n) is 5.75. The third kappa shape index (κ3) is 2.88. The summed E-state index contributed by atoms with van der Waals surface area (Å²) in [4.78, 5) is 2.15. The molecule has 0 radical (unpaired) electrons. The van der Waals surface area contributed by atoms with E-state index in [0.717, 1.165) is 13.0 Å². The fourth-order valence-corrected chi connectivity index (χ4v) is 2.19. The molecule has 1 fully saturated rings. The summed E-state index contributed by atoms with van der Waals surface area (Å²) >= 11 is 0. The highest BCUT2D eigenvalue weighted by molar-refractivity contribution is 4.97. The predicted octanol–water partition coefficient (Wildman–Crippen LogP) is 2.10. The van der Waals surface area contributed by atoms with Crippen LogP contribution in [0.1, 0.15) is 33.1 Å². The van der Waals surface area contributed by atoms with Crippen molar-refractivity contribution in [3.05, 3.63) is 0 Å². The average Bonchev–Trinajstić information content (AvgIpc) is 2.20. The second-order valence-corrected chi connectivity index (χ2v) is 4.67. The van der Waals surface area contributed by atoms with Gasteiger partial charge in [0.1, 0.15) is 0 Å². The van der Waals surface area contributed by atoms with Crippen LogP contribution in [0.3, 0.4) is 0 Å². The van der Waals surface area contributed by atoms with Crippen molar-refractivity contribution in [1.82, 2.24) is 10.2 Å². The Labute approximate surface area is 91.0 Å². The van der Waals surface area contributed by atoms with Crippen LogP contribution < -0.4 is 5.32 Å². The zero-order valence-corrected chi connectivity index (χ0v) is 9.89. The molecular weight excluding hydrogens is 198 g/mol. The highest BCUT2D eigenvalue weighted by Crippen LogP contribution is 2.31. The molecule has 0 bridgehead atoms. The lowest BCUT2D eigenvalue weighted by Gasteiger charge is -2.44. The van der Waals surface area contributed by atoms with E-state index in [1.807, 2.05) is 20.9 Å². The van der Waals surface area contributed by atoms with Crippen molar-refractivity contribution in [3.8, 4) is 0 Å². The molecule has 0 aromatic carbocycles. The fourth-order valence-electron chi connectivity index (χ4n) is 2.19. The molecule has 2 atom stereocenters. The number of hydrogen-bond acceptors (Lipinski definition) is 2. The van der Waals surface area contributed by atoms with Crippen LogP contribution in [0.15, 0.2) is 0 Å². The van der Waals surface area contributed by atoms with E-state index in [0.29, 0.717) is 19.4 Å². The van der Waals surface area contributed by atoms with Crippen molar-refractivity contribution in [2.24, 2.45) is 0 Å². The Kier molecular flexibility index (Phi) is 4.46. The molecule has 15 heavy (non-hydrogen) atoms. The predicted molar refractivity (Wildman–Crippen MR) is 58.4 cm³/mol. The van der Waals surface area contributed by atoms with Crippen LogP contribution in [0.5, 0.6) is 0 Å². The third-order valence-electron chi connectivity index (χ3n) is 3.47. The van der Waals surface area contributed by atoms with Gasteiger partial charge >= 0.3 is 0 Å². The van der Waals surface area contributed by atoms with Crippen molar-refractivity contribution in [1.29, 1.82) is 0 Å². The first kappa shape index (κ1) is 12.8. The lowest BCUT2D eigenvalue weighted by atomic mass is 9.84. The highest BCUT2D eigenvalue weighted by atomic mass is 19.3. The van der Waals surface area contributed by atoms with Gasteiger partial charge in [-0.05, 0) is 39.8 Å². The molecule has 1 saturated heterocycles. The Balaban J connectivity index is 2.65. The molecule has 2 nitrogen and oxygen atoms in total. The summed E-state index contributed by atoms with van der Waals surface area (Å²) < 4.78 is 26.2. The minimum atomic E-state index is -2.26. The monoisotopic (exact) mass is 220 g/mol. The molecule has 1 aliphatic rings. The maximum absolute atomic E-state index is 13.1. The lowest BCUT2D eigenvalue weighted by molar-refractivity contribution is -0.0222. The molecule has 0 saturated carbocycles. The number of hydrogen-bond donors (Lipinski definition) is 1. The zero-order chi connectivity index (χ0) is 11.5. The van der Waals surface area contributed by atoms with Crippen LogP contribution in [0.25, 0.3) is 0 Å². The largest absolute Gasteiger partial charge is 0.306 e. The van der Waals surface area contributed by atoms with Crippen LogP contribution in [-0.4, -0.2) is 43.0 Å². The van der Waals surface area contributed by atoms with Gasteiger partial charge in [0.05, 0.1) is 5.54 Å². The number of halogens is 2. The van der Waals surface area contributed by atoms with Gasteiger partial charge in [-0.1, -0.05) is 6.92 Å². The van der Waals surface area contributed by atoms with E-state index in [-0.39, 0.29) is 6.04 Å². The number of piperidine rings is 1. The Morgan fingerprint density at radius 1 is 1.53 bits per heavy atom. The Morgan fingerprint density at radius 3 is 2.67 bits per heavy atom. The van der Waals surface area contributed by atoms with Gasteiger partial charge in [-0.25, -0.2) is 8.78 Å². The summed E-state index contributed by atoms with van der Waals surface area (Å²) in [5.74, 6) is 0. The molecule has 0 aromatic rings.